The van der Waals surface area contributed by atoms with Crippen molar-refractivity contribution in [3.8, 4) is 11.5 Å². The molecule has 0 saturated heterocycles. The van der Waals surface area contributed by atoms with Gasteiger partial charge in [0.1, 0.15) is 6.29 Å². The van der Waals surface area contributed by atoms with Gasteiger partial charge in [0, 0.05) is 14.5 Å². The first kappa shape index (κ1) is 13.3. The van der Waals surface area contributed by atoms with E-state index in [2.05, 4.69) is 31.9 Å². The lowest BCUT2D eigenvalue weighted by Crippen LogP contribution is -1.94. The number of phenols is 1. The van der Waals surface area contributed by atoms with E-state index >= 15 is 0 Å². The molecule has 0 spiro atoms. The number of aromatic hydroxyl groups is 1. The van der Waals surface area contributed by atoms with Gasteiger partial charge in [-0.2, -0.15) is 0 Å². The lowest BCUT2D eigenvalue weighted by Gasteiger charge is -2.11. The van der Waals surface area contributed by atoms with Gasteiger partial charge in [-0.15, -0.1) is 0 Å². The summed E-state index contributed by atoms with van der Waals surface area (Å²) >= 11 is 6.65. The van der Waals surface area contributed by atoms with Gasteiger partial charge in [-0.25, -0.2) is 0 Å². The van der Waals surface area contributed by atoms with Crippen LogP contribution in [0.5, 0.6) is 11.5 Å². The van der Waals surface area contributed by atoms with E-state index in [1.54, 1.807) is 6.07 Å². The molecule has 0 saturated carbocycles. The minimum absolute atomic E-state index is 0.00928. The Bertz CT molecular complexity index is 428. The predicted molar refractivity (Wildman–Crippen MR) is 69.8 cm³/mol. The third kappa shape index (κ3) is 2.86. The van der Waals surface area contributed by atoms with E-state index in [1.807, 2.05) is 6.92 Å². The van der Waals surface area contributed by atoms with Gasteiger partial charge >= 0.3 is 0 Å². The van der Waals surface area contributed by atoms with Crippen molar-refractivity contribution in [2.24, 2.45) is 0 Å². The number of rotatable bonds is 4. The highest BCUT2D eigenvalue weighted by Crippen LogP contribution is 2.41. The van der Waals surface area contributed by atoms with Crippen molar-refractivity contribution in [3.05, 3.63) is 26.7 Å². The average Bonchev–Trinajstić information content (AvgIpc) is 2.26. The SMILES string of the molecule is CCOc1cc(Br)c(Br)c(/C=C/C=O)c1O. The molecule has 1 aromatic carbocycles. The lowest BCUT2D eigenvalue weighted by atomic mass is 10.1. The Balaban J connectivity index is 3.32. The Morgan fingerprint density at radius 1 is 1.50 bits per heavy atom. The van der Waals surface area contributed by atoms with E-state index < -0.39 is 0 Å². The number of hydrogen-bond acceptors (Lipinski definition) is 3. The average molecular weight is 350 g/mol. The molecule has 0 aliphatic carbocycles. The summed E-state index contributed by atoms with van der Waals surface area (Å²) in [6.07, 6.45) is 3.47. The third-order valence-electron chi connectivity index (χ3n) is 1.83. The van der Waals surface area contributed by atoms with Crippen LogP contribution in [0.4, 0.5) is 0 Å². The molecule has 0 fully saturated rings. The molecule has 0 bridgehead atoms. The maximum absolute atomic E-state index is 10.3. The van der Waals surface area contributed by atoms with Gasteiger partial charge in [0.2, 0.25) is 0 Å². The maximum Gasteiger partial charge on any atom is 0.166 e. The molecule has 1 N–H and O–H groups in total. The molecule has 0 radical (unpaired) electrons. The summed E-state index contributed by atoms with van der Waals surface area (Å²) in [6, 6.07) is 1.67. The van der Waals surface area contributed by atoms with E-state index in [0.717, 1.165) is 4.47 Å². The van der Waals surface area contributed by atoms with Gasteiger partial charge in [0.05, 0.1) is 6.61 Å². The first-order chi connectivity index (χ1) is 7.61. The fourth-order valence-electron chi connectivity index (χ4n) is 1.17. The van der Waals surface area contributed by atoms with E-state index in [1.165, 1.54) is 12.2 Å². The van der Waals surface area contributed by atoms with Crippen LogP contribution in [0.25, 0.3) is 6.08 Å². The van der Waals surface area contributed by atoms with Crippen LogP contribution in [-0.4, -0.2) is 18.0 Å². The Morgan fingerprint density at radius 3 is 2.75 bits per heavy atom. The highest BCUT2D eigenvalue weighted by molar-refractivity contribution is 9.13. The van der Waals surface area contributed by atoms with Crippen molar-refractivity contribution in [3.63, 3.8) is 0 Å². The monoisotopic (exact) mass is 348 g/mol. The molecule has 1 rings (SSSR count). The Kier molecular flexibility index (Phi) is 5.02. The normalized spacial score (nSPS) is 10.7. The van der Waals surface area contributed by atoms with Gasteiger partial charge in [-0.05, 0) is 57.0 Å². The first-order valence-corrected chi connectivity index (χ1v) is 6.16. The van der Waals surface area contributed by atoms with Crippen LogP contribution in [0.1, 0.15) is 12.5 Å². The highest BCUT2D eigenvalue weighted by atomic mass is 79.9. The fourth-order valence-corrected chi connectivity index (χ4v) is 2.02. The zero-order valence-electron chi connectivity index (χ0n) is 8.54. The summed E-state index contributed by atoms with van der Waals surface area (Å²) in [6.45, 7) is 2.29. The second-order valence-electron chi connectivity index (χ2n) is 2.86. The van der Waals surface area contributed by atoms with Crippen LogP contribution in [0.15, 0.2) is 21.1 Å². The molecule has 5 heteroatoms. The standard InChI is InChI=1S/C11H10Br2O3/c1-2-16-9-6-8(12)10(13)7(11(9)15)4-3-5-14/h3-6,15H,2H2,1H3/b4-3+. The van der Waals surface area contributed by atoms with E-state index in [-0.39, 0.29) is 5.75 Å². The second-order valence-corrected chi connectivity index (χ2v) is 4.51. The molecule has 0 unspecified atom stereocenters. The van der Waals surface area contributed by atoms with Crippen LogP contribution < -0.4 is 4.74 Å². The Morgan fingerprint density at radius 2 is 2.19 bits per heavy atom. The first-order valence-electron chi connectivity index (χ1n) is 4.57. The molecule has 0 aromatic heterocycles. The van der Waals surface area contributed by atoms with Crippen LogP contribution in [-0.2, 0) is 4.79 Å². The van der Waals surface area contributed by atoms with E-state index in [9.17, 15) is 9.90 Å². The van der Waals surface area contributed by atoms with Crippen LogP contribution in [0, 0.1) is 0 Å². The Hall–Kier alpha value is -0.810. The van der Waals surface area contributed by atoms with Crippen molar-refractivity contribution in [2.75, 3.05) is 6.61 Å². The topological polar surface area (TPSA) is 46.5 Å². The van der Waals surface area contributed by atoms with Gasteiger partial charge in [0.15, 0.2) is 11.5 Å². The number of phenolic OH excluding ortho intramolecular Hbond substituents is 1. The number of aldehydes is 1. The number of benzene rings is 1. The van der Waals surface area contributed by atoms with Crippen molar-refractivity contribution < 1.29 is 14.6 Å². The molecule has 16 heavy (non-hydrogen) atoms. The minimum Gasteiger partial charge on any atom is -0.504 e. The summed E-state index contributed by atoms with van der Waals surface area (Å²) in [4.78, 5) is 10.3. The number of allylic oxidation sites excluding steroid dienone is 1. The van der Waals surface area contributed by atoms with Crippen LogP contribution in [0.2, 0.25) is 0 Å². The number of halogens is 2. The van der Waals surface area contributed by atoms with Gasteiger partial charge in [0.25, 0.3) is 0 Å². The summed E-state index contributed by atoms with van der Waals surface area (Å²) in [5.74, 6) is 0.387. The molecule has 0 aliphatic heterocycles. The fraction of sp³-hybridized carbons (Fsp3) is 0.182. The van der Waals surface area contributed by atoms with Gasteiger partial charge in [-0.1, -0.05) is 0 Å². The summed E-state index contributed by atoms with van der Waals surface area (Å²) in [5, 5.41) is 9.91. The zero-order valence-corrected chi connectivity index (χ0v) is 11.7. The summed E-state index contributed by atoms with van der Waals surface area (Å²) < 4.78 is 6.69. The number of ether oxygens (including phenoxy) is 1. The Labute approximate surface area is 110 Å². The smallest absolute Gasteiger partial charge is 0.166 e. The van der Waals surface area contributed by atoms with Gasteiger partial charge in [-0.3, -0.25) is 4.79 Å². The van der Waals surface area contributed by atoms with Crippen LogP contribution >= 0.6 is 31.9 Å². The quantitative estimate of drug-likeness (QED) is 0.668. The molecule has 1 aromatic rings. The van der Waals surface area contributed by atoms with Crippen molar-refractivity contribution >= 4 is 44.2 Å². The number of carbonyl (C=O) groups is 1. The molecular weight excluding hydrogens is 340 g/mol. The molecular formula is C11H10Br2O3. The third-order valence-corrected chi connectivity index (χ3v) is 3.85. The predicted octanol–water partition coefficient (Wildman–Crippen LogP) is 3.53. The molecule has 3 nitrogen and oxygen atoms in total. The van der Waals surface area contributed by atoms with Crippen LogP contribution in [0.3, 0.4) is 0 Å². The molecule has 86 valence electrons. The number of carbonyl (C=O) groups excluding carboxylic acids is 1. The van der Waals surface area contributed by atoms with Crippen molar-refractivity contribution in [1.82, 2.24) is 0 Å². The molecule has 0 atom stereocenters. The summed E-state index contributed by atoms with van der Waals surface area (Å²) in [5.41, 5.74) is 0.505. The second kappa shape index (κ2) is 6.06. The lowest BCUT2D eigenvalue weighted by molar-refractivity contribution is -0.104. The van der Waals surface area contributed by atoms with E-state index in [0.29, 0.717) is 28.7 Å². The van der Waals surface area contributed by atoms with E-state index in [4.69, 9.17) is 4.74 Å². The maximum atomic E-state index is 10.3. The highest BCUT2D eigenvalue weighted by Gasteiger charge is 2.13. The van der Waals surface area contributed by atoms with Crippen molar-refractivity contribution in [1.29, 1.82) is 0 Å². The van der Waals surface area contributed by atoms with Gasteiger partial charge < -0.3 is 9.84 Å². The van der Waals surface area contributed by atoms with Crippen molar-refractivity contribution in [2.45, 2.75) is 6.92 Å². The summed E-state index contributed by atoms with van der Waals surface area (Å²) in [7, 11) is 0. The molecule has 0 heterocycles. The number of hydrogen-bond donors (Lipinski definition) is 1. The molecule has 0 amide bonds. The molecule has 0 aliphatic rings. The zero-order chi connectivity index (χ0) is 12.1. The minimum atomic E-state index is 0.00928. The largest absolute Gasteiger partial charge is 0.504 e.